The number of pyridine rings is 1. The minimum Gasteiger partial charge on any atom is -0.481 e. The number of carbonyl (C=O) groups is 1. The molecule has 0 bridgehead atoms. The summed E-state index contributed by atoms with van der Waals surface area (Å²) in [5, 5.41) is 8.67. The van der Waals surface area contributed by atoms with Gasteiger partial charge in [-0.2, -0.15) is 17.0 Å². The summed E-state index contributed by atoms with van der Waals surface area (Å²) in [7, 11) is -2.35. The molecule has 0 spiro atoms. The van der Waals surface area contributed by atoms with Gasteiger partial charge in [-0.15, -0.1) is 0 Å². The Morgan fingerprint density at radius 1 is 1.38 bits per heavy atom. The van der Waals surface area contributed by atoms with Crippen LogP contribution in [0.2, 0.25) is 0 Å². The Bertz CT molecular complexity index is 560. The molecule has 0 aliphatic rings. The maximum Gasteiger partial charge on any atom is 0.304 e. The third kappa shape index (κ3) is 5.07. The largest absolute Gasteiger partial charge is 0.481 e. The number of hydrogen-bond acceptors (Lipinski definition) is 4. The molecule has 0 fully saturated rings. The first-order valence-corrected chi connectivity index (χ1v) is 7.99. The van der Waals surface area contributed by atoms with Crippen molar-refractivity contribution in [1.82, 2.24) is 13.6 Å². The lowest BCUT2D eigenvalue weighted by atomic mass is 10.3. The molecule has 1 heterocycles. The zero-order chi connectivity index (χ0) is 16.0. The molecule has 21 heavy (non-hydrogen) atoms. The molecule has 0 aliphatic carbocycles. The molecule has 7 nitrogen and oxygen atoms in total. The molecular formula is C13H21N3O4S. The first kappa shape index (κ1) is 17.5. The lowest BCUT2D eigenvalue weighted by Crippen LogP contribution is -2.45. The lowest BCUT2D eigenvalue weighted by molar-refractivity contribution is -0.137. The minimum absolute atomic E-state index is 0.0664. The standard InChI is InChI=1S/C13H21N3O4S/c1-11(2)16(10-12-6-4-5-8-14-12)21(19,20)15(3)9-7-13(17)18/h4-6,8,11H,7,9-10H2,1-3H3,(H,17,18). The third-order valence-corrected chi connectivity index (χ3v) is 5.06. The van der Waals surface area contributed by atoms with Crippen LogP contribution in [0.3, 0.4) is 0 Å². The fraction of sp³-hybridized carbons (Fsp3) is 0.538. The predicted octanol–water partition coefficient (Wildman–Crippen LogP) is 0.943. The topological polar surface area (TPSA) is 90.8 Å². The van der Waals surface area contributed by atoms with Gasteiger partial charge in [0.2, 0.25) is 0 Å². The second kappa shape index (κ2) is 7.48. The summed E-state index contributed by atoms with van der Waals surface area (Å²) in [6, 6.07) is 5.05. The predicted molar refractivity (Wildman–Crippen MR) is 78.7 cm³/mol. The van der Waals surface area contributed by atoms with Crippen LogP contribution >= 0.6 is 0 Å². The molecule has 1 rings (SSSR count). The molecule has 0 amide bonds. The van der Waals surface area contributed by atoms with E-state index in [1.165, 1.54) is 11.4 Å². The van der Waals surface area contributed by atoms with Crippen molar-refractivity contribution in [3.63, 3.8) is 0 Å². The zero-order valence-electron chi connectivity index (χ0n) is 12.4. The van der Waals surface area contributed by atoms with Crippen LogP contribution in [0.15, 0.2) is 24.4 Å². The number of hydrogen-bond donors (Lipinski definition) is 1. The van der Waals surface area contributed by atoms with Crippen molar-refractivity contribution in [3.8, 4) is 0 Å². The smallest absolute Gasteiger partial charge is 0.304 e. The molecule has 118 valence electrons. The highest BCUT2D eigenvalue weighted by Crippen LogP contribution is 2.15. The van der Waals surface area contributed by atoms with E-state index in [0.717, 1.165) is 4.31 Å². The Morgan fingerprint density at radius 2 is 2.05 bits per heavy atom. The number of aromatic nitrogens is 1. The van der Waals surface area contributed by atoms with Gasteiger partial charge in [-0.1, -0.05) is 6.07 Å². The van der Waals surface area contributed by atoms with E-state index in [9.17, 15) is 13.2 Å². The normalized spacial score (nSPS) is 12.3. The second-order valence-electron chi connectivity index (χ2n) is 4.93. The van der Waals surface area contributed by atoms with Crippen molar-refractivity contribution in [3.05, 3.63) is 30.1 Å². The maximum atomic E-state index is 12.5. The van der Waals surface area contributed by atoms with Gasteiger partial charge in [0.15, 0.2) is 0 Å². The molecule has 0 radical (unpaired) electrons. The summed E-state index contributed by atoms with van der Waals surface area (Å²) < 4.78 is 27.4. The van der Waals surface area contributed by atoms with Crippen LogP contribution in [-0.4, -0.2) is 52.7 Å². The van der Waals surface area contributed by atoms with E-state index in [0.29, 0.717) is 5.69 Å². The Kier molecular flexibility index (Phi) is 6.25. The van der Waals surface area contributed by atoms with Crippen LogP contribution in [0.4, 0.5) is 0 Å². The average Bonchev–Trinajstić information content (AvgIpc) is 2.42. The Hall–Kier alpha value is -1.51. The summed E-state index contributed by atoms with van der Waals surface area (Å²) in [4.78, 5) is 14.7. The number of aliphatic carboxylic acids is 1. The van der Waals surface area contributed by atoms with Gasteiger partial charge in [0, 0.05) is 25.8 Å². The number of carboxylic acids is 1. The SMILES string of the molecule is CC(C)N(Cc1ccccn1)S(=O)(=O)N(C)CCC(=O)O. The van der Waals surface area contributed by atoms with Gasteiger partial charge in [-0.25, -0.2) is 0 Å². The molecule has 0 saturated heterocycles. The summed E-state index contributed by atoms with van der Waals surface area (Å²) in [5.74, 6) is -1.03. The van der Waals surface area contributed by atoms with Crippen molar-refractivity contribution in [2.75, 3.05) is 13.6 Å². The van der Waals surface area contributed by atoms with Crippen LogP contribution in [0.5, 0.6) is 0 Å². The van der Waals surface area contributed by atoms with Crippen LogP contribution in [0.1, 0.15) is 26.0 Å². The summed E-state index contributed by atoms with van der Waals surface area (Å²) in [5.41, 5.74) is 0.640. The molecule has 0 saturated carbocycles. The molecule has 8 heteroatoms. The van der Waals surface area contributed by atoms with E-state index in [1.807, 2.05) is 0 Å². The van der Waals surface area contributed by atoms with Gasteiger partial charge in [0.1, 0.15) is 0 Å². The van der Waals surface area contributed by atoms with Gasteiger partial charge in [0.25, 0.3) is 10.2 Å². The summed E-state index contributed by atoms with van der Waals surface area (Å²) in [6.07, 6.45) is 1.37. The van der Waals surface area contributed by atoms with Crippen LogP contribution < -0.4 is 0 Å². The van der Waals surface area contributed by atoms with E-state index < -0.39 is 16.2 Å². The molecule has 0 aliphatic heterocycles. The monoisotopic (exact) mass is 315 g/mol. The Balaban J connectivity index is 2.90. The third-order valence-electron chi connectivity index (χ3n) is 2.95. The molecule has 1 N–H and O–H groups in total. The van der Waals surface area contributed by atoms with E-state index in [4.69, 9.17) is 5.11 Å². The van der Waals surface area contributed by atoms with Gasteiger partial charge < -0.3 is 5.11 Å². The highest BCUT2D eigenvalue weighted by molar-refractivity contribution is 7.86. The van der Waals surface area contributed by atoms with Crippen molar-refractivity contribution < 1.29 is 18.3 Å². The zero-order valence-corrected chi connectivity index (χ0v) is 13.2. The minimum atomic E-state index is -3.73. The van der Waals surface area contributed by atoms with Crippen molar-refractivity contribution in [2.45, 2.75) is 32.9 Å². The van der Waals surface area contributed by atoms with E-state index in [1.54, 1.807) is 38.2 Å². The fourth-order valence-electron chi connectivity index (χ4n) is 1.73. The fourth-order valence-corrected chi connectivity index (χ4v) is 3.24. The molecule has 0 aromatic carbocycles. The van der Waals surface area contributed by atoms with Crippen molar-refractivity contribution in [1.29, 1.82) is 0 Å². The van der Waals surface area contributed by atoms with Gasteiger partial charge in [-0.05, 0) is 26.0 Å². The van der Waals surface area contributed by atoms with Gasteiger partial charge >= 0.3 is 5.97 Å². The number of carboxylic acid groups (broad SMARTS) is 1. The first-order chi connectivity index (χ1) is 9.75. The highest BCUT2D eigenvalue weighted by Gasteiger charge is 2.29. The van der Waals surface area contributed by atoms with Crippen LogP contribution in [-0.2, 0) is 21.5 Å². The number of rotatable bonds is 8. The quantitative estimate of drug-likeness (QED) is 0.771. The Morgan fingerprint density at radius 3 is 2.52 bits per heavy atom. The molecular weight excluding hydrogens is 294 g/mol. The Labute approximate surface area is 125 Å². The summed E-state index contributed by atoms with van der Waals surface area (Å²) in [6.45, 7) is 3.62. The van der Waals surface area contributed by atoms with Crippen LogP contribution in [0.25, 0.3) is 0 Å². The molecule has 1 aromatic rings. The van der Waals surface area contributed by atoms with E-state index in [2.05, 4.69) is 4.98 Å². The molecule has 0 unspecified atom stereocenters. The maximum absolute atomic E-state index is 12.5. The molecule has 0 atom stereocenters. The number of nitrogens with zero attached hydrogens (tertiary/aromatic N) is 3. The second-order valence-corrected chi connectivity index (χ2v) is 6.92. The van der Waals surface area contributed by atoms with Gasteiger partial charge in [-0.3, -0.25) is 9.78 Å². The van der Waals surface area contributed by atoms with E-state index >= 15 is 0 Å². The van der Waals surface area contributed by atoms with E-state index in [-0.39, 0.29) is 25.6 Å². The first-order valence-electron chi connectivity index (χ1n) is 6.60. The van der Waals surface area contributed by atoms with Crippen molar-refractivity contribution >= 4 is 16.2 Å². The lowest BCUT2D eigenvalue weighted by Gasteiger charge is -2.30. The average molecular weight is 315 g/mol. The highest BCUT2D eigenvalue weighted by atomic mass is 32.2. The van der Waals surface area contributed by atoms with Crippen LogP contribution in [0, 0.1) is 0 Å². The molecule has 1 aromatic heterocycles. The van der Waals surface area contributed by atoms with Gasteiger partial charge in [0.05, 0.1) is 18.7 Å². The summed E-state index contributed by atoms with van der Waals surface area (Å²) >= 11 is 0. The van der Waals surface area contributed by atoms with Crippen molar-refractivity contribution in [2.24, 2.45) is 0 Å².